The quantitative estimate of drug-likeness (QED) is 0.551. The molecule has 1 aliphatic heterocycles. The van der Waals surface area contributed by atoms with Crippen LogP contribution in [-0.2, 0) is 9.59 Å². The van der Waals surface area contributed by atoms with E-state index in [0.29, 0.717) is 12.8 Å². The van der Waals surface area contributed by atoms with Gasteiger partial charge in [0, 0.05) is 18.8 Å². The van der Waals surface area contributed by atoms with E-state index in [-0.39, 0.29) is 0 Å². The van der Waals surface area contributed by atoms with Crippen LogP contribution in [0.15, 0.2) is 16.8 Å². The predicted octanol–water partition coefficient (Wildman–Crippen LogP) is -0.665. The van der Waals surface area contributed by atoms with Crippen LogP contribution in [0.4, 0.5) is 0 Å². The molecular weight excluding hydrogens is 170 g/mol. The van der Waals surface area contributed by atoms with E-state index in [0.717, 1.165) is 12.0 Å². The summed E-state index contributed by atoms with van der Waals surface area (Å²) in [5, 5.41) is 2.36. The van der Waals surface area contributed by atoms with Gasteiger partial charge in [0.15, 0.2) is 0 Å². The summed E-state index contributed by atoms with van der Waals surface area (Å²) >= 11 is 0. The van der Waals surface area contributed by atoms with Gasteiger partial charge in [-0.1, -0.05) is 0 Å². The Morgan fingerprint density at radius 1 is 1.85 bits per heavy atom. The van der Waals surface area contributed by atoms with Crippen molar-refractivity contribution < 1.29 is 9.59 Å². The summed E-state index contributed by atoms with van der Waals surface area (Å²) < 4.78 is 0. The fourth-order valence-corrected chi connectivity index (χ4v) is 1.10. The molecule has 13 heavy (non-hydrogen) atoms. The van der Waals surface area contributed by atoms with Gasteiger partial charge in [0.2, 0.25) is 12.3 Å². The minimum absolute atomic E-state index is 0.439. The fraction of sp³-hybridized carbons (Fsp3) is 0.375. The van der Waals surface area contributed by atoms with Gasteiger partial charge in [-0.25, -0.2) is 0 Å². The minimum Gasteiger partial charge on any atom is -0.368 e. The Hall–Kier alpha value is -1.65. The van der Waals surface area contributed by atoms with Crippen LogP contribution in [0.2, 0.25) is 0 Å². The molecule has 1 atom stereocenters. The Morgan fingerprint density at radius 3 is 3.08 bits per heavy atom. The largest absolute Gasteiger partial charge is 0.368 e. The second kappa shape index (κ2) is 4.39. The SMILES string of the molecule is NC(=O)C(CC1=CN=CC1)NC=O. The van der Waals surface area contributed by atoms with Crippen molar-refractivity contribution in [3.05, 3.63) is 11.8 Å². The van der Waals surface area contributed by atoms with Crippen molar-refractivity contribution in [2.24, 2.45) is 10.7 Å². The summed E-state index contributed by atoms with van der Waals surface area (Å²) in [5.41, 5.74) is 6.07. The van der Waals surface area contributed by atoms with Gasteiger partial charge < -0.3 is 11.1 Å². The molecule has 0 aromatic heterocycles. The third kappa shape index (κ3) is 2.70. The Morgan fingerprint density at radius 2 is 2.62 bits per heavy atom. The number of hydrogen-bond donors (Lipinski definition) is 2. The summed E-state index contributed by atoms with van der Waals surface area (Å²) in [6, 6.07) is -0.620. The molecular formula is C8H11N3O2. The number of aliphatic imine (C=N–C) groups is 1. The highest BCUT2D eigenvalue weighted by Crippen LogP contribution is 2.12. The van der Waals surface area contributed by atoms with Crippen molar-refractivity contribution >= 4 is 18.5 Å². The van der Waals surface area contributed by atoms with E-state index < -0.39 is 11.9 Å². The molecule has 5 heteroatoms. The van der Waals surface area contributed by atoms with E-state index in [1.54, 1.807) is 12.4 Å². The second-order valence-corrected chi connectivity index (χ2v) is 2.77. The first kappa shape index (κ1) is 9.44. The van der Waals surface area contributed by atoms with Crippen molar-refractivity contribution in [2.45, 2.75) is 18.9 Å². The summed E-state index contributed by atoms with van der Waals surface area (Å²) in [7, 11) is 0. The molecule has 0 bridgehead atoms. The zero-order valence-electron chi connectivity index (χ0n) is 7.06. The van der Waals surface area contributed by atoms with Gasteiger partial charge in [0.05, 0.1) is 0 Å². The average molecular weight is 181 g/mol. The van der Waals surface area contributed by atoms with Crippen LogP contribution in [0.5, 0.6) is 0 Å². The summed E-state index contributed by atoms with van der Waals surface area (Å²) in [4.78, 5) is 24.8. The molecule has 2 amide bonds. The highest BCUT2D eigenvalue weighted by molar-refractivity contribution is 5.82. The first-order valence-corrected chi connectivity index (χ1v) is 3.92. The van der Waals surface area contributed by atoms with Gasteiger partial charge in [0.1, 0.15) is 6.04 Å². The van der Waals surface area contributed by atoms with Crippen molar-refractivity contribution in [1.82, 2.24) is 5.32 Å². The first-order valence-electron chi connectivity index (χ1n) is 3.92. The number of nitrogens with one attached hydrogen (secondary N) is 1. The maximum atomic E-state index is 10.8. The first-order chi connectivity index (χ1) is 6.24. The van der Waals surface area contributed by atoms with Crippen LogP contribution in [0.25, 0.3) is 0 Å². The van der Waals surface area contributed by atoms with Crippen molar-refractivity contribution in [1.29, 1.82) is 0 Å². The monoisotopic (exact) mass is 181 g/mol. The Bertz CT molecular complexity index is 271. The van der Waals surface area contributed by atoms with Crippen LogP contribution < -0.4 is 11.1 Å². The number of amides is 2. The number of primary amides is 1. The molecule has 1 heterocycles. The lowest BCUT2D eigenvalue weighted by molar-refractivity contribution is -0.122. The molecule has 0 aliphatic carbocycles. The van der Waals surface area contributed by atoms with E-state index in [1.165, 1.54) is 0 Å². The Labute approximate surface area is 75.7 Å². The van der Waals surface area contributed by atoms with Crippen LogP contribution in [0.3, 0.4) is 0 Å². The summed E-state index contributed by atoms with van der Waals surface area (Å²) in [6.07, 6.45) is 5.07. The molecule has 1 aliphatic rings. The Balaban J connectivity index is 2.47. The normalized spacial score (nSPS) is 16.5. The highest BCUT2D eigenvalue weighted by Gasteiger charge is 2.16. The highest BCUT2D eigenvalue weighted by atomic mass is 16.2. The summed E-state index contributed by atoms with van der Waals surface area (Å²) in [5.74, 6) is -0.528. The van der Waals surface area contributed by atoms with Gasteiger partial charge >= 0.3 is 0 Å². The number of carbonyl (C=O) groups is 2. The minimum atomic E-state index is -0.620. The topological polar surface area (TPSA) is 84.6 Å². The van der Waals surface area contributed by atoms with Crippen molar-refractivity contribution in [2.75, 3.05) is 0 Å². The number of hydrogen-bond acceptors (Lipinski definition) is 3. The molecule has 0 saturated heterocycles. The number of rotatable bonds is 5. The van der Waals surface area contributed by atoms with Gasteiger partial charge in [-0.15, -0.1) is 0 Å². The number of nitrogens with zero attached hydrogens (tertiary/aromatic N) is 1. The van der Waals surface area contributed by atoms with E-state index in [1.807, 2.05) is 0 Å². The molecule has 70 valence electrons. The molecule has 3 N–H and O–H groups in total. The van der Waals surface area contributed by atoms with E-state index in [4.69, 9.17) is 5.73 Å². The molecule has 5 nitrogen and oxygen atoms in total. The van der Waals surface area contributed by atoms with Gasteiger partial charge in [-0.3, -0.25) is 14.6 Å². The third-order valence-corrected chi connectivity index (χ3v) is 1.79. The number of nitrogens with two attached hydrogens (primary N) is 1. The fourth-order valence-electron chi connectivity index (χ4n) is 1.10. The lowest BCUT2D eigenvalue weighted by Crippen LogP contribution is -2.40. The van der Waals surface area contributed by atoms with Crippen molar-refractivity contribution in [3.63, 3.8) is 0 Å². The van der Waals surface area contributed by atoms with E-state index in [9.17, 15) is 9.59 Å². The average Bonchev–Trinajstić information content (AvgIpc) is 2.56. The zero-order chi connectivity index (χ0) is 9.68. The lowest BCUT2D eigenvalue weighted by Gasteiger charge is -2.11. The molecule has 0 spiro atoms. The van der Waals surface area contributed by atoms with Crippen LogP contribution in [0, 0.1) is 0 Å². The van der Waals surface area contributed by atoms with Gasteiger partial charge in [0.25, 0.3) is 0 Å². The maximum Gasteiger partial charge on any atom is 0.240 e. The molecule has 1 unspecified atom stereocenters. The van der Waals surface area contributed by atoms with E-state index in [2.05, 4.69) is 10.3 Å². The molecule has 0 saturated carbocycles. The second-order valence-electron chi connectivity index (χ2n) is 2.77. The van der Waals surface area contributed by atoms with E-state index >= 15 is 0 Å². The van der Waals surface area contributed by atoms with Crippen LogP contribution >= 0.6 is 0 Å². The molecule has 0 aromatic carbocycles. The van der Waals surface area contributed by atoms with Crippen LogP contribution in [0.1, 0.15) is 12.8 Å². The van der Waals surface area contributed by atoms with Gasteiger partial charge in [-0.05, 0) is 12.0 Å². The third-order valence-electron chi connectivity index (χ3n) is 1.79. The molecule has 0 fully saturated rings. The van der Waals surface area contributed by atoms with Crippen LogP contribution in [-0.4, -0.2) is 24.6 Å². The smallest absolute Gasteiger partial charge is 0.240 e. The van der Waals surface area contributed by atoms with Gasteiger partial charge in [-0.2, -0.15) is 0 Å². The molecule has 0 radical (unpaired) electrons. The molecule has 1 rings (SSSR count). The standard InChI is InChI=1S/C8H11N3O2/c9-8(13)7(11-5-12)3-6-1-2-10-4-6/h2,4-5,7H,1,3H2,(H2,9,13)(H,11,12). The maximum absolute atomic E-state index is 10.8. The summed E-state index contributed by atoms with van der Waals surface area (Å²) in [6.45, 7) is 0. The Kier molecular flexibility index (Phi) is 3.19. The predicted molar refractivity (Wildman–Crippen MR) is 48.0 cm³/mol. The number of carbonyl (C=O) groups excluding carboxylic acids is 2. The van der Waals surface area contributed by atoms with Crippen molar-refractivity contribution in [3.8, 4) is 0 Å². The molecule has 0 aromatic rings. The lowest BCUT2D eigenvalue weighted by atomic mass is 10.1. The zero-order valence-corrected chi connectivity index (χ0v) is 7.06.